The van der Waals surface area contributed by atoms with E-state index in [4.69, 9.17) is 5.84 Å². The topological polar surface area (TPSA) is 81.7 Å². The van der Waals surface area contributed by atoms with Gasteiger partial charge in [0.2, 0.25) is 0 Å². The zero-order valence-electron chi connectivity index (χ0n) is 9.92. The molecule has 0 aliphatic rings. The normalized spacial score (nSPS) is 12.9. The summed E-state index contributed by atoms with van der Waals surface area (Å²) in [6.07, 6.45) is 4.90. The van der Waals surface area contributed by atoms with Crippen molar-refractivity contribution in [1.29, 1.82) is 0 Å². The lowest BCUT2D eigenvalue weighted by atomic mass is 10.1. The van der Waals surface area contributed by atoms with Crippen molar-refractivity contribution < 1.29 is 0 Å². The molecule has 2 aromatic heterocycles. The Morgan fingerprint density at radius 2 is 2.41 bits per heavy atom. The van der Waals surface area contributed by atoms with Crippen LogP contribution in [0.2, 0.25) is 0 Å². The molecule has 0 fully saturated rings. The van der Waals surface area contributed by atoms with E-state index in [1.54, 1.807) is 0 Å². The minimum atomic E-state index is -0.0828. The third-order valence-corrected chi connectivity index (χ3v) is 3.45. The number of nitrogens with two attached hydrogens (primary N) is 1. The first kappa shape index (κ1) is 12.2. The maximum atomic E-state index is 5.61. The Kier molecular flexibility index (Phi) is 3.82. The van der Waals surface area contributed by atoms with Crippen LogP contribution in [0.25, 0.3) is 0 Å². The van der Waals surface area contributed by atoms with Crippen LogP contribution < -0.4 is 11.3 Å². The van der Waals surface area contributed by atoms with Crippen molar-refractivity contribution in [3.8, 4) is 0 Å². The number of rotatable bonds is 5. The Morgan fingerprint density at radius 1 is 1.59 bits per heavy atom. The summed E-state index contributed by atoms with van der Waals surface area (Å²) in [5.74, 6) is 5.61. The summed E-state index contributed by atoms with van der Waals surface area (Å²) in [6.45, 7) is 4.97. The molecule has 7 heteroatoms. The predicted octanol–water partition coefficient (Wildman–Crippen LogP) is 1.01. The number of nitrogens with one attached hydrogen (secondary N) is 1. The molecule has 0 amide bonds. The van der Waals surface area contributed by atoms with E-state index in [-0.39, 0.29) is 6.04 Å². The van der Waals surface area contributed by atoms with Gasteiger partial charge in [0.25, 0.3) is 0 Å². The van der Waals surface area contributed by atoms with Crippen LogP contribution in [0.1, 0.15) is 35.5 Å². The van der Waals surface area contributed by atoms with Crippen molar-refractivity contribution in [2.45, 2.75) is 32.9 Å². The van der Waals surface area contributed by atoms with E-state index < -0.39 is 0 Å². The van der Waals surface area contributed by atoms with Gasteiger partial charge in [-0.3, -0.25) is 10.5 Å². The highest BCUT2D eigenvalue weighted by Gasteiger charge is 2.19. The molecule has 0 bridgehead atoms. The summed E-state index contributed by atoms with van der Waals surface area (Å²) in [5.41, 5.74) is 4.74. The van der Waals surface area contributed by atoms with E-state index >= 15 is 0 Å². The van der Waals surface area contributed by atoms with Crippen LogP contribution in [0.4, 0.5) is 0 Å². The Balaban J connectivity index is 2.26. The second kappa shape index (κ2) is 5.35. The molecule has 0 saturated heterocycles. The van der Waals surface area contributed by atoms with Gasteiger partial charge in [-0.2, -0.15) is 5.10 Å². The summed E-state index contributed by atoms with van der Waals surface area (Å²) in [5, 5.41) is 8.30. The minimum Gasteiger partial charge on any atom is -0.272 e. The standard InChI is InChI=1S/C10H16N6S/c1-3-4-16-6-8(5-12-16)9(13-11)10-7(2)14-15-17-10/h5-6,9,13H,3-4,11H2,1-2H3. The first-order valence-electron chi connectivity index (χ1n) is 5.53. The molecule has 0 radical (unpaired) electrons. The average molecular weight is 252 g/mol. The van der Waals surface area contributed by atoms with Gasteiger partial charge in [0.05, 0.1) is 22.8 Å². The molecule has 0 aromatic carbocycles. The van der Waals surface area contributed by atoms with Crippen LogP contribution in [0.15, 0.2) is 12.4 Å². The molecule has 6 nitrogen and oxygen atoms in total. The van der Waals surface area contributed by atoms with Crippen molar-refractivity contribution in [3.63, 3.8) is 0 Å². The number of nitrogens with zero attached hydrogens (tertiary/aromatic N) is 4. The average Bonchev–Trinajstić information content (AvgIpc) is 2.92. The van der Waals surface area contributed by atoms with Gasteiger partial charge in [-0.15, -0.1) is 5.10 Å². The van der Waals surface area contributed by atoms with Crippen molar-refractivity contribution in [1.82, 2.24) is 24.8 Å². The fraction of sp³-hybridized carbons (Fsp3) is 0.500. The molecule has 92 valence electrons. The zero-order valence-corrected chi connectivity index (χ0v) is 10.7. The van der Waals surface area contributed by atoms with Gasteiger partial charge in [0.15, 0.2) is 0 Å². The molecule has 1 unspecified atom stereocenters. The summed E-state index contributed by atoms with van der Waals surface area (Å²) in [7, 11) is 0. The Hall–Kier alpha value is -1.31. The first-order valence-corrected chi connectivity index (χ1v) is 6.31. The first-order chi connectivity index (χ1) is 8.26. The zero-order chi connectivity index (χ0) is 12.3. The number of aromatic nitrogens is 4. The van der Waals surface area contributed by atoms with E-state index in [9.17, 15) is 0 Å². The quantitative estimate of drug-likeness (QED) is 0.613. The van der Waals surface area contributed by atoms with E-state index in [0.29, 0.717) is 0 Å². The highest BCUT2D eigenvalue weighted by molar-refractivity contribution is 7.05. The van der Waals surface area contributed by atoms with Gasteiger partial charge >= 0.3 is 0 Å². The third kappa shape index (κ3) is 2.51. The van der Waals surface area contributed by atoms with Gasteiger partial charge in [-0.05, 0) is 24.9 Å². The predicted molar refractivity (Wildman–Crippen MR) is 66.3 cm³/mol. The number of hydrogen-bond acceptors (Lipinski definition) is 6. The second-order valence-corrected chi connectivity index (χ2v) is 4.64. The third-order valence-electron chi connectivity index (χ3n) is 2.55. The number of hydrogen-bond donors (Lipinski definition) is 2. The lowest BCUT2D eigenvalue weighted by Crippen LogP contribution is -2.28. The fourth-order valence-corrected chi connectivity index (χ4v) is 2.44. The van der Waals surface area contributed by atoms with Gasteiger partial charge in [0.1, 0.15) is 0 Å². The number of hydrazine groups is 1. The Labute approximate surface area is 104 Å². The highest BCUT2D eigenvalue weighted by atomic mass is 32.1. The molecule has 0 spiro atoms. The smallest absolute Gasteiger partial charge is 0.0867 e. The maximum Gasteiger partial charge on any atom is 0.0867 e. The molecule has 0 aliphatic carbocycles. The molecule has 1 atom stereocenters. The van der Waals surface area contributed by atoms with Gasteiger partial charge in [-0.25, -0.2) is 5.43 Å². The molecule has 17 heavy (non-hydrogen) atoms. The Morgan fingerprint density at radius 3 is 3.00 bits per heavy atom. The van der Waals surface area contributed by atoms with Gasteiger partial charge in [-0.1, -0.05) is 11.4 Å². The van der Waals surface area contributed by atoms with Crippen molar-refractivity contribution in [3.05, 3.63) is 28.5 Å². The maximum absolute atomic E-state index is 5.61. The van der Waals surface area contributed by atoms with Crippen molar-refractivity contribution >= 4 is 11.5 Å². The summed E-state index contributed by atoms with van der Waals surface area (Å²) in [4.78, 5) is 1.03. The molecular formula is C10H16N6S. The van der Waals surface area contributed by atoms with E-state index in [1.807, 2.05) is 24.0 Å². The second-order valence-electron chi connectivity index (χ2n) is 3.86. The van der Waals surface area contributed by atoms with Crippen LogP contribution in [0.3, 0.4) is 0 Å². The summed E-state index contributed by atoms with van der Waals surface area (Å²) < 4.78 is 5.85. The SMILES string of the molecule is CCCn1cc(C(NN)c2snnc2C)cn1. The summed E-state index contributed by atoms with van der Waals surface area (Å²) in [6, 6.07) is -0.0828. The molecule has 0 aliphatic heterocycles. The largest absolute Gasteiger partial charge is 0.272 e. The molecule has 2 aromatic rings. The highest BCUT2D eigenvalue weighted by Crippen LogP contribution is 2.25. The summed E-state index contributed by atoms with van der Waals surface area (Å²) >= 11 is 1.36. The minimum absolute atomic E-state index is 0.0828. The lowest BCUT2D eigenvalue weighted by Gasteiger charge is -2.11. The van der Waals surface area contributed by atoms with Crippen LogP contribution in [0, 0.1) is 6.92 Å². The van der Waals surface area contributed by atoms with Crippen LogP contribution in [-0.2, 0) is 6.54 Å². The van der Waals surface area contributed by atoms with Crippen LogP contribution in [0.5, 0.6) is 0 Å². The molecular weight excluding hydrogens is 236 g/mol. The van der Waals surface area contributed by atoms with Crippen molar-refractivity contribution in [2.24, 2.45) is 5.84 Å². The lowest BCUT2D eigenvalue weighted by molar-refractivity contribution is 0.598. The van der Waals surface area contributed by atoms with Crippen molar-refractivity contribution in [2.75, 3.05) is 0 Å². The Bertz CT molecular complexity index is 477. The number of aryl methyl sites for hydroxylation is 2. The fourth-order valence-electron chi connectivity index (χ4n) is 1.71. The molecule has 3 N–H and O–H groups in total. The molecule has 2 heterocycles. The van der Waals surface area contributed by atoms with Crippen LogP contribution in [-0.4, -0.2) is 19.4 Å². The van der Waals surface area contributed by atoms with Crippen LogP contribution >= 0.6 is 11.5 Å². The van der Waals surface area contributed by atoms with Gasteiger partial charge in [0, 0.05) is 18.3 Å². The van der Waals surface area contributed by atoms with Gasteiger partial charge < -0.3 is 0 Å². The molecule has 0 saturated carbocycles. The monoisotopic (exact) mass is 252 g/mol. The van der Waals surface area contributed by atoms with E-state index in [2.05, 4.69) is 27.0 Å². The van der Waals surface area contributed by atoms with E-state index in [0.717, 1.165) is 29.1 Å². The van der Waals surface area contributed by atoms with E-state index in [1.165, 1.54) is 11.5 Å². The molecule has 2 rings (SSSR count).